The topological polar surface area (TPSA) is 141 Å². The Morgan fingerprint density at radius 3 is 2.85 bits per heavy atom. The number of carbonyl (C=O) groups excluding carboxylic acids is 3. The molecule has 27 heavy (non-hydrogen) atoms. The van der Waals surface area contributed by atoms with Crippen molar-refractivity contribution in [2.24, 2.45) is 0 Å². The Morgan fingerprint density at radius 2 is 2.11 bits per heavy atom. The van der Waals surface area contributed by atoms with Gasteiger partial charge in [-0.05, 0) is 40.9 Å². The molecule has 2 N–H and O–H groups in total. The fourth-order valence-corrected chi connectivity index (χ4v) is 2.82. The van der Waals surface area contributed by atoms with Gasteiger partial charge in [-0.15, -0.1) is 16.4 Å². The first-order chi connectivity index (χ1) is 13.1. The van der Waals surface area contributed by atoms with E-state index in [-0.39, 0.29) is 12.2 Å². The predicted octanol–water partition coefficient (Wildman–Crippen LogP) is 1.26. The highest BCUT2D eigenvalue weighted by Crippen LogP contribution is 2.24. The van der Waals surface area contributed by atoms with E-state index < -0.39 is 17.9 Å². The summed E-state index contributed by atoms with van der Waals surface area (Å²) in [5, 5.41) is 17.4. The van der Waals surface area contributed by atoms with Crippen molar-refractivity contribution in [3.63, 3.8) is 0 Å². The fraction of sp³-hybridized carbons (Fsp3) is 0.133. The van der Waals surface area contributed by atoms with Crippen LogP contribution in [0, 0.1) is 0 Å². The maximum absolute atomic E-state index is 12.5. The second-order valence-electron chi connectivity index (χ2n) is 4.95. The van der Waals surface area contributed by atoms with Crippen LogP contribution < -0.4 is 10.6 Å². The molecule has 3 rings (SSSR count). The average molecular weight is 387 g/mol. The second kappa shape index (κ2) is 8.14. The van der Waals surface area contributed by atoms with Gasteiger partial charge in [0.05, 0.1) is 12.2 Å². The minimum Gasteiger partial charge on any atom is -0.450 e. The number of tetrazole rings is 1. The predicted molar refractivity (Wildman–Crippen MR) is 93.7 cm³/mol. The van der Waals surface area contributed by atoms with Crippen molar-refractivity contribution in [1.29, 1.82) is 0 Å². The van der Waals surface area contributed by atoms with Crippen LogP contribution in [0.15, 0.2) is 36.1 Å². The average Bonchev–Trinajstić information content (AvgIpc) is 3.34. The largest absolute Gasteiger partial charge is 0.450 e. The van der Waals surface area contributed by atoms with E-state index in [1.807, 2.05) is 0 Å². The van der Waals surface area contributed by atoms with Crippen molar-refractivity contribution < 1.29 is 19.1 Å². The van der Waals surface area contributed by atoms with Crippen LogP contribution in [-0.2, 0) is 4.74 Å². The number of hydrogen-bond acceptors (Lipinski definition) is 9. The molecule has 3 aromatic rings. The van der Waals surface area contributed by atoms with E-state index in [1.165, 1.54) is 35.4 Å². The van der Waals surface area contributed by atoms with E-state index >= 15 is 0 Å². The number of alkyl carbamates (subject to hydrolysis) is 1. The summed E-state index contributed by atoms with van der Waals surface area (Å²) in [4.78, 5) is 40.1. The Balaban J connectivity index is 1.74. The molecule has 0 aliphatic carbocycles. The van der Waals surface area contributed by atoms with Crippen LogP contribution in [0.4, 0.5) is 9.80 Å². The van der Waals surface area contributed by atoms with E-state index in [0.717, 1.165) is 11.3 Å². The Bertz CT molecular complexity index is 970. The van der Waals surface area contributed by atoms with E-state index in [1.54, 1.807) is 12.3 Å². The van der Waals surface area contributed by atoms with Gasteiger partial charge in [0, 0.05) is 11.8 Å². The molecule has 0 saturated heterocycles. The number of thiophene rings is 1. The lowest BCUT2D eigenvalue weighted by Gasteiger charge is -2.07. The van der Waals surface area contributed by atoms with E-state index in [4.69, 9.17) is 0 Å². The van der Waals surface area contributed by atoms with Gasteiger partial charge in [-0.25, -0.2) is 9.78 Å². The molecule has 3 amide bonds. The molecular formula is C15H13N7O4S. The molecule has 11 nitrogen and oxygen atoms in total. The quantitative estimate of drug-likeness (QED) is 0.666. The SMILES string of the molecule is CCOC(=O)NC(=O)c1ccsc1NC(=O)c1ccnc(-n2cnnn2)c1. The maximum atomic E-state index is 12.5. The molecule has 12 heteroatoms. The first kappa shape index (κ1) is 18.1. The number of hydrogen-bond donors (Lipinski definition) is 2. The van der Waals surface area contributed by atoms with E-state index in [0.29, 0.717) is 16.4 Å². The molecule has 0 fully saturated rings. The minimum absolute atomic E-state index is 0.137. The zero-order valence-electron chi connectivity index (χ0n) is 13.9. The normalized spacial score (nSPS) is 10.3. The Kier molecular flexibility index (Phi) is 5.47. The summed E-state index contributed by atoms with van der Waals surface area (Å²) < 4.78 is 5.97. The van der Waals surface area contributed by atoms with Gasteiger partial charge < -0.3 is 10.1 Å². The van der Waals surface area contributed by atoms with Crippen LogP contribution in [0.2, 0.25) is 0 Å². The van der Waals surface area contributed by atoms with Gasteiger partial charge in [0.1, 0.15) is 11.3 Å². The molecule has 3 heterocycles. The van der Waals surface area contributed by atoms with Gasteiger partial charge in [-0.2, -0.15) is 4.68 Å². The van der Waals surface area contributed by atoms with Crippen LogP contribution in [0.3, 0.4) is 0 Å². The van der Waals surface area contributed by atoms with Gasteiger partial charge in [0.25, 0.3) is 11.8 Å². The Labute approximate surface area is 156 Å². The third-order valence-electron chi connectivity index (χ3n) is 3.22. The van der Waals surface area contributed by atoms with Gasteiger partial charge in [0.2, 0.25) is 0 Å². The standard InChI is InChI=1S/C15H13N7O4S/c1-2-26-15(25)19-13(24)10-4-6-27-14(10)18-12(23)9-3-5-16-11(7-9)22-8-17-20-21-22/h3-8H,2H2,1H3,(H,18,23)(H,19,24,25). The highest BCUT2D eigenvalue weighted by molar-refractivity contribution is 7.14. The number of carbonyl (C=O) groups is 3. The first-order valence-electron chi connectivity index (χ1n) is 7.65. The Hall–Kier alpha value is -3.67. The van der Waals surface area contributed by atoms with Crippen molar-refractivity contribution in [2.45, 2.75) is 6.92 Å². The lowest BCUT2D eigenvalue weighted by molar-refractivity contribution is 0.0926. The van der Waals surface area contributed by atoms with Gasteiger partial charge in [0.15, 0.2) is 5.82 Å². The number of imide groups is 1. The summed E-state index contributed by atoms with van der Waals surface area (Å²) in [5.74, 6) is -0.771. The molecule has 0 aliphatic heterocycles. The van der Waals surface area contributed by atoms with Crippen molar-refractivity contribution in [3.8, 4) is 5.82 Å². The summed E-state index contributed by atoms with van der Waals surface area (Å²) in [5.41, 5.74) is 0.441. The van der Waals surface area contributed by atoms with Gasteiger partial charge in [-0.1, -0.05) is 0 Å². The van der Waals surface area contributed by atoms with Gasteiger partial charge in [-0.3, -0.25) is 14.9 Å². The zero-order valence-corrected chi connectivity index (χ0v) is 14.8. The summed E-state index contributed by atoms with van der Waals surface area (Å²) >= 11 is 1.15. The molecule has 0 atom stereocenters. The fourth-order valence-electron chi connectivity index (χ4n) is 2.04. The number of aromatic nitrogens is 5. The van der Waals surface area contributed by atoms with Gasteiger partial charge >= 0.3 is 6.09 Å². The molecule has 0 aromatic carbocycles. The van der Waals surface area contributed by atoms with Crippen LogP contribution in [0.25, 0.3) is 5.82 Å². The molecule has 0 spiro atoms. The van der Waals surface area contributed by atoms with Crippen molar-refractivity contribution >= 4 is 34.2 Å². The van der Waals surface area contributed by atoms with E-state index in [9.17, 15) is 14.4 Å². The zero-order chi connectivity index (χ0) is 19.2. The number of rotatable bonds is 5. The van der Waals surface area contributed by atoms with Crippen LogP contribution in [0.1, 0.15) is 27.6 Å². The number of nitrogens with zero attached hydrogens (tertiary/aromatic N) is 5. The maximum Gasteiger partial charge on any atom is 0.414 e. The smallest absolute Gasteiger partial charge is 0.414 e. The van der Waals surface area contributed by atoms with Crippen molar-refractivity contribution in [2.75, 3.05) is 11.9 Å². The molecular weight excluding hydrogens is 374 g/mol. The number of nitrogens with one attached hydrogen (secondary N) is 2. The summed E-state index contributed by atoms with van der Waals surface area (Å²) in [6.07, 6.45) is 1.93. The third-order valence-corrected chi connectivity index (χ3v) is 4.05. The summed E-state index contributed by atoms with van der Waals surface area (Å²) in [7, 11) is 0. The van der Waals surface area contributed by atoms with Crippen molar-refractivity contribution in [3.05, 3.63) is 47.2 Å². The highest BCUT2D eigenvalue weighted by atomic mass is 32.1. The number of anilines is 1. The second-order valence-corrected chi connectivity index (χ2v) is 5.87. The molecule has 138 valence electrons. The summed E-state index contributed by atoms with van der Waals surface area (Å²) in [6.45, 7) is 1.76. The lowest BCUT2D eigenvalue weighted by Crippen LogP contribution is -2.31. The highest BCUT2D eigenvalue weighted by Gasteiger charge is 2.18. The number of amides is 3. The molecule has 0 bridgehead atoms. The number of pyridine rings is 1. The van der Waals surface area contributed by atoms with Crippen LogP contribution in [0.5, 0.6) is 0 Å². The molecule has 3 aromatic heterocycles. The lowest BCUT2D eigenvalue weighted by atomic mass is 10.2. The monoisotopic (exact) mass is 387 g/mol. The summed E-state index contributed by atoms with van der Waals surface area (Å²) in [6, 6.07) is 4.50. The molecule has 0 radical (unpaired) electrons. The van der Waals surface area contributed by atoms with Crippen LogP contribution in [-0.4, -0.2) is 49.7 Å². The first-order valence-corrected chi connectivity index (χ1v) is 8.52. The molecule has 0 aliphatic rings. The third kappa shape index (κ3) is 4.30. The van der Waals surface area contributed by atoms with Crippen molar-refractivity contribution in [1.82, 2.24) is 30.5 Å². The molecule has 0 saturated carbocycles. The Morgan fingerprint density at radius 1 is 1.26 bits per heavy atom. The molecule has 0 unspecified atom stereocenters. The minimum atomic E-state index is -0.855. The van der Waals surface area contributed by atoms with Crippen LogP contribution >= 0.6 is 11.3 Å². The number of ether oxygens (including phenoxy) is 1. The van der Waals surface area contributed by atoms with E-state index in [2.05, 4.69) is 35.9 Å².